The summed E-state index contributed by atoms with van der Waals surface area (Å²) in [7, 11) is 0. The monoisotopic (exact) mass is 204 g/mol. The molecule has 0 saturated heterocycles. The third-order valence-electron chi connectivity index (χ3n) is 2.07. The van der Waals surface area contributed by atoms with Gasteiger partial charge in [-0.15, -0.1) is 0 Å². The Hall–Kier alpha value is -1.97. The maximum Gasteiger partial charge on any atom is 0.159 e. The van der Waals surface area contributed by atoms with Crippen LogP contribution in [0.15, 0.2) is 30.6 Å². The lowest BCUT2D eigenvalue weighted by atomic mass is 10.1. The molecule has 2 aromatic rings. The second-order valence-electron chi connectivity index (χ2n) is 3.23. The number of benzene rings is 1. The summed E-state index contributed by atoms with van der Waals surface area (Å²) in [4.78, 5) is 7.78. The molecule has 1 heterocycles. The highest BCUT2D eigenvalue weighted by Crippen LogP contribution is 2.18. The van der Waals surface area contributed by atoms with E-state index in [1.165, 1.54) is 18.5 Å². The summed E-state index contributed by atoms with van der Waals surface area (Å²) in [5, 5.41) is 9.00. The molecule has 0 aliphatic heterocycles. The number of aryl methyl sites for hydroxylation is 1. The van der Waals surface area contributed by atoms with E-state index in [1.807, 2.05) is 0 Å². The van der Waals surface area contributed by atoms with Crippen molar-refractivity contribution < 1.29 is 9.50 Å². The molecule has 0 bridgehead atoms. The minimum atomic E-state index is -0.288. The van der Waals surface area contributed by atoms with Crippen molar-refractivity contribution in [3.63, 3.8) is 0 Å². The molecule has 0 atom stereocenters. The van der Waals surface area contributed by atoms with E-state index in [2.05, 4.69) is 9.97 Å². The lowest BCUT2D eigenvalue weighted by Gasteiger charge is -2.01. The fraction of sp³-hybridized carbons (Fsp3) is 0.0909. The summed E-state index contributed by atoms with van der Waals surface area (Å²) in [6, 6.07) is 4.79. The molecule has 0 aliphatic carbocycles. The zero-order chi connectivity index (χ0) is 10.8. The van der Waals surface area contributed by atoms with Crippen molar-refractivity contribution in [2.75, 3.05) is 0 Å². The van der Waals surface area contributed by atoms with Crippen LogP contribution in [0.4, 0.5) is 4.39 Å². The number of nitrogens with zero attached hydrogens (tertiary/aromatic N) is 2. The van der Waals surface area contributed by atoms with E-state index in [0.29, 0.717) is 17.0 Å². The zero-order valence-corrected chi connectivity index (χ0v) is 8.11. The van der Waals surface area contributed by atoms with E-state index in [9.17, 15) is 4.39 Å². The van der Waals surface area contributed by atoms with Crippen molar-refractivity contribution in [2.45, 2.75) is 6.92 Å². The highest BCUT2D eigenvalue weighted by Gasteiger charge is 2.04. The second-order valence-corrected chi connectivity index (χ2v) is 3.23. The predicted octanol–water partition coefficient (Wildman–Crippen LogP) is 2.30. The van der Waals surface area contributed by atoms with Crippen molar-refractivity contribution >= 4 is 0 Å². The first-order valence-electron chi connectivity index (χ1n) is 4.44. The fourth-order valence-corrected chi connectivity index (χ4v) is 1.20. The second kappa shape index (κ2) is 3.65. The van der Waals surface area contributed by atoms with Crippen LogP contribution >= 0.6 is 0 Å². The summed E-state index contributed by atoms with van der Waals surface area (Å²) in [5.41, 5.74) is 1.18. The zero-order valence-electron chi connectivity index (χ0n) is 8.11. The minimum absolute atomic E-state index is 0.00802. The Bertz CT molecular complexity index is 482. The van der Waals surface area contributed by atoms with Gasteiger partial charge in [0, 0.05) is 5.56 Å². The molecule has 1 aromatic heterocycles. The third-order valence-corrected chi connectivity index (χ3v) is 2.07. The van der Waals surface area contributed by atoms with Crippen molar-refractivity contribution in [3.8, 4) is 17.1 Å². The Morgan fingerprint density at radius 2 is 1.87 bits per heavy atom. The van der Waals surface area contributed by atoms with Crippen molar-refractivity contribution in [3.05, 3.63) is 42.0 Å². The minimum Gasteiger partial charge on any atom is -0.505 e. The molecule has 0 spiro atoms. The molecule has 1 aromatic carbocycles. The highest BCUT2D eigenvalue weighted by atomic mass is 19.1. The van der Waals surface area contributed by atoms with Crippen LogP contribution in [-0.2, 0) is 0 Å². The molecule has 15 heavy (non-hydrogen) atoms. The Morgan fingerprint density at radius 3 is 2.47 bits per heavy atom. The van der Waals surface area contributed by atoms with E-state index in [-0.39, 0.29) is 11.6 Å². The van der Waals surface area contributed by atoms with Crippen molar-refractivity contribution in [1.29, 1.82) is 0 Å². The van der Waals surface area contributed by atoms with Gasteiger partial charge < -0.3 is 5.11 Å². The maximum atomic E-state index is 13.2. The largest absolute Gasteiger partial charge is 0.505 e. The molecule has 1 N–H and O–H groups in total. The van der Waals surface area contributed by atoms with Gasteiger partial charge in [0.1, 0.15) is 5.82 Å². The predicted molar refractivity (Wildman–Crippen MR) is 53.8 cm³/mol. The molecule has 3 nitrogen and oxygen atoms in total. The molecular formula is C11H9FN2O. The lowest BCUT2D eigenvalue weighted by molar-refractivity contribution is 0.470. The quantitative estimate of drug-likeness (QED) is 0.775. The molecule has 0 saturated carbocycles. The van der Waals surface area contributed by atoms with Gasteiger partial charge in [-0.2, -0.15) is 0 Å². The van der Waals surface area contributed by atoms with Gasteiger partial charge in [0.05, 0.1) is 12.4 Å². The molecule has 0 unspecified atom stereocenters. The summed E-state index contributed by atoms with van der Waals surface area (Å²) in [6.45, 7) is 1.69. The smallest absolute Gasteiger partial charge is 0.159 e. The van der Waals surface area contributed by atoms with E-state index in [4.69, 9.17) is 5.11 Å². The van der Waals surface area contributed by atoms with Crippen molar-refractivity contribution in [1.82, 2.24) is 9.97 Å². The standard InChI is InChI=1S/C11H9FN2O/c1-7-2-3-8(4-10(7)12)11-13-5-9(15)6-14-11/h2-6,15H,1H3. The van der Waals surface area contributed by atoms with E-state index in [0.717, 1.165) is 0 Å². The van der Waals surface area contributed by atoms with Crippen LogP contribution in [0.3, 0.4) is 0 Å². The first kappa shape index (κ1) is 9.58. The topological polar surface area (TPSA) is 46.0 Å². The number of halogens is 1. The molecule has 0 amide bonds. The van der Waals surface area contributed by atoms with Gasteiger partial charge in [-0.05, 0) is 18.6 Å². The average molecular weight is 204 g/mol. The molecule has 2 rings (SSSR count). The average Bonchev–Trinajstić information content (AvgIpc) is 2.23. The van der Waals surface area contributed by atoms with Gasteiger partial charge in [-0.1, -0.05) is 12.1 Å². The van der Waals surface area contributed by atoms with Crippen LogP contribution in [0.1, 0.15) is 5.56 Å². The Morgan fingerprint density at radius 1 is 1.20 bits per heavy atom. The van der Waals surface area contributed by atoms with Crippen LogP contribution < -0.4 is 0 Å². The SMILES string of the molecule is Cc1ccc(-c2ncc(O)cn2)cc1F. The summed E-state index contributed by atoms with van der Waals surface area (Å²) < 4.78 is 13.2. The molecular weight excluding hydrogens is 195 g/mol. The molecule has 0 aliphatic rings. The van der Waals surface area contributed by atoms with Gasteiger partial charge in [0.25, 0.3) is 0 Å². The Kier molecular flexibility index (Phi) is 2.33. The summed E-state index contributed by atoms with van der Waals surface area (Å²) in [6.07, 6.45) is 2.56. The van der Waals surface area contributed by atoms with E-state index >= 15 is 0 Å². The van der Waals surface area contributed by atoms with Gasteiger partial charge in [0.2, 0.25) is 0 Å². The lowest BCUT2D eigenvalue weighted by Crippen LogP contribution is -1.89. The Balaban J connectivity index is 2.45. The summed E-state index contributed by atoms with van der Waals surface area (Å²) >= 11 is 0. The van der Waals surface area contributed by atoms with Crippen LogP contribution in [-0.4, -0.2) is 15.1 Å². The molecule has 0 fully saturated rings. The number of aromatic hydroxyl groups is 1. The van der Waals surface area contributed by atoms with Crippen LogP contribution in [0, 0.1) is 12.7 Å². The number of rotatable bonds is 1. The number of hydrogen-bond donors (Lipinski definition) is 1. The first-order valence-corrected chi connectivity index (χ1v) is 4.44. The number of hydrogen-bond acceptors (Lipinski definition) is 3. The maximum absolute atomic E-state index is 13.2. The van der Waals surface area contributed by atoms with E-state index < -0.39 is 0 Å². The highest BCUT2D eigenvalue weighted by molar-refractivity contribution is 5.55. The first-order chi connectivity index (χ1) is 7.16. The van der Waals surface area contributed by atoms with Gasteiger partial charge in [-0.25, -0.2) is 14.4 Å². The van der Waals surface area contributed by atoms with Gasteiger partial charge in [0.15, 0.2) is 11.6 Å². The fourth-order valence-electron chi connectivity index (χ4n) is 1.20. The third kappa shape index (κ3) is 1.93. The molecule has 76 valence electrons. The molecule has 0 radical (unpaired) electrons. The van der Waals surface area contributed by atoms with Crippen LogP contribution in [0.5, 0.6) is 5.75 Å². The molecule has 4 heteroatoms. The van der Waals surface area contributed by atoms with Crippen molar-refractivity contribution in [2.24, 2.45) is 0 Å². The van der Waals surface area contributed by atoms with E-state index in [1.54, 1.807) is 19.1 Å². The summed E-state index contributed by atoms with van der Waals surface area (Å²) in [5.74, 6) is 0.0993. The normalized spacial score (nSPS) is 10.3. The van der Waals surface area contributed by atoms with Crippen LogP contribution in [0.2, 0.25) is 0 Å². The van der Waals surface area contributed by atoms with Gasteiger partial charge >= 0.3 is 0 Å². The Labute approximate surface area is 86.3 Å². The van der Waals surface area contributed by atoms with Gasteiger partial charge in [-0.3, -0.25) is 0 Å². The van der Waals surface area contributed by atoms with Crippen LogP contribution in [0.25, 0.3) is 11.4 Å². The number of aromatic nitrogens is 2.